The molecule has 2 unspecified atom stereocenters. The van der Waals surface area contributed by atoms with E-state index in [-0.39, 0.29) is 5.97 Å². The number of carbonyl (C=O) groups is 1. The zero-order valence-corrected chi connectivity index (χ0v) is 11.3. The molecule has 0 aliphatic heterocycles. The van der Waals surface area contributed by atoms with E-state index in [1.165, 1.54) is 37.7 Å². The number of nitrogens with one attached hydrogen (secondary N) is 1. The fraction of sp³-hybridized carbons (Fsp3) is 0.667. The molecule has 0 radical (unpaired) electrons. The average molecular weight is 254 g/mol. The summed E-state index contributed by atoms with van der Waals surface area (Å²) in [7, 11) is 1.40. The number of thiazole rings is 1. The van der Waals surface area contributed by atoms with Crippen molar-refractivity contribution in [2.75, 3.05) is 12.4 Å². The minimum atomic E-state index is -0.297. The van der Waals surface area contributed by atoms with E-state index in [0.717, 1.165) is 16.7 Å². The van der Waals surface area contributed by atoms with Crippen molar-refractivity contribution in [3.8, 4) is 0 Å². The molecule has 1 N–H and O–H groups in total. The topological polar surface area (TPSA) is 51.2 Å². The number of nitrogens with zero attached hydrogens (tertiary/aromatic N) is 1. The quantitative estimate of drug-likeness (QED) is 0.821. The Morgan fingerprint density at radius 1 is 1.65 bits per heavy atom. The summed E-state index contributed by atoms with van der Waals surface area (Å²) in [6, 6.07) is 0.547. The third-order valence-corrected chi connectivity index (χ3v) is 4.13. The Balaban J connectivity index is 1.97. The van der Waals surface area contributed by atoms with Gasteiger partial charge in [0, 0.05) is 6.04 Å². The molecule has 1 aromatic heterocycles. The number of methoxy groups -OCH3 is 1. The average Bonchev–Trinajstić information content (AvgIpc) is 2.91. The molecule has 0 amide bonds. The van der Waals surface area contributed by atoms with Crippen molar-refractivity contribution in [3.05, 3.63) is 10.6 Å². The van der Waals surface area contributed by atoms with Crippen LogP contribution in [0, 0.1) is 12.8 Å². The van der Waals surface area contributed by atoms with Gasteiger partial charge in [0.15, 0.2) is 5.13 Å². The number of hydrogen-bond acceptors (Lipinski definition) is 5. The normalized spacial score (nSPS) is 22.3. The molecule has 4 nitrogen and oxygen atoms in total. The molecule has 1 aromatic rings. The van der Waals surface area contributed by atoms with E-state index in [1.54, 1.807) is 0 Å². The van der Waals surface area contributed by atoms with Crippen LogP contribution in [0.25, 0.3) is 0 Å². The highest BCUT2D eigenvalue weighted by molar-refractivity contribution is 7.17. The molecule has 0 spiro atoms. The monoisotopic (exact) mass is 254 g/mol. The lowest BCUT2D eigenvalue weighted by atomic mass is 10.2. The van der Waals surface area contributed by atoms with Crippen LogP contribution in [0.15, 0.2) is 0 Å². The predicted octanol–water partition coefficient (Wildman–Crippen LogP) is 2.84. The summed E-state index contributed by atoms with van der Waals surface area (Å²) >= 11 is 1.38. The largest absolute Gasteiger partial charge is 0.465 e. The van der Waals surface area contributed by atoms with E-state index in [1.807, 2.05) is 6.92 Å². The van der Waals surface area contributed by atoms with Gasteiger partial charge in [0.1, 0.15) is 4.88 Å². The van der Waals surface area contributed by atoms with E-state index in [4.69, 9.17) is 4.74 Å². The first-order valence-corrected chi connectivity index (χ1v) is 6.79. The third kappa shape index (κ3) is 2.77. The van der Waals surface area contributed by atoms with Crippen LogP contribution in [0.5, 0.6) is 0 Å². The van der Waals surface area contributed by atoms with Gasteiger partial charge in [0.25, 0.3) is 0 Å². The Labute approximate surface area is 105 Å². The van der Waals surface area contributed by atoms with Crippen molar-refractivity contribution in [1.82, 2.24) is 4.98 Å². The van der Waals surface area contributed by atoms with Gasteiger partial charge in [-0.1, -0.05) is 24.7 Å². The predicted molar refractivity (Wildman–Crippen MR) is 68.6 cm³/mol. The molecular formula is C12H18N2O2S. The second-order valence-electron chi connectivity index (χ2n) is 4.46. The molecule has 1 fully saturated rings. The summed E-state index contributed by atoms with van der Waals surface area (Å²) in [6.45, 7) is 4.04. The van der Waals surface area contributed by atoms with E-state index < -0.39 is 0 Å². The number of carbonyl (C=O) groups excluding carboxylic acids is 1. The molecule has 17 heavy (non-hydrogen) atoms. The van der Waals surface area contributed by atoms with Gasteiger partial charge in [-0.3, -0.25) is 0 Å². The van der Waals surface area contributed by atoms with Crippen molar-refractivity contribution >= 4 is 22.4 Å². The minimum absolute atomic E-state index is 0.297. The van der Waals surface area contributed by atoms with Gasteiger partial charge in [-0.2, -0.15) is 0 Å². The molecule has 0 saturated heterocycles. The molecule has 1 saturated carbocycles. The van der Waals surface area contributed by atoms with Crippen LogP contribution in [-0.4, -0.2) is 24.1 Å². The van der Waals surface area contributed by atoms with Crippen LogP contribution in [0.3, 0.4) is 0 Å². The van der Waals surface area contributed by atoms with E-state index in [2.05, 4.69) is 17.2 Å². The van der Waals surface area contributed by atoms with Crippen LogP contribution in [0.2, 0.25) is 0 Å². The van der Waals surface area contributed by atoms with Gasteiger partial charge in [-0.15, -0.1) is 0 Å². The van der Waals surface area contributed by atoms with E-state index in [9.17, 15) is 4.79 Å². The molecule has 2 atom stereocenters. The molecule has 94 valence electrons. The summed E-state index contributed by atoms with van der Waals surface area (Å²) in [5.74, 6) is 0.486. The van der Waals surface area contributed by atoms with Crippen LogP contribution in [-0.2, 0) is 4.74 Å². The molecule has 2 rings (SSSR count). The Bertz CT molecular complexity index is 417. The highest BCUT2D eigenvalue weighted by Crippen LogP contribution is 2.38. The maximum atomic E-state index is 11.4. The second kappa shape index (κ2) is 5.04. The Morgan fingerprint density at radius 3 is 3.06 bits per heavy atom. The van der Waals surface area contributed by atoms with Gasteiger partial charge >= 0.3 is 5.97 Å². The Kier molecular flexibility index (Phi) is 3.66. The van der Waals surface area contributed by atoms with Crippen molar-refractivity contribution in [2.45, 2.75) is 39.2 Å². The molecule has 0 aromatic carbocycles. The number of anilines is 1. The van der Waals surface area contributed by atoms with Gasteiger partial charge in [0.2, 0.25) is 0 Å². The lowest BCUT2D eigenvalue weighted by Crippen LogP contribution is -2.03. The maximum absolute atomic E-state index is 11.4. The fourth-order valence-corrected chi connectivity index (χ4v) is 2.96. The van der Waals surface area contributed by atoms with Crippen LogP contribution >= 0.6 is 11.3 Å². The first-order valence-electron chi connectivity index (χ1n) is 5.98. The molecule has 1 heterocycles. The fourth-order valence-electron chi connectivity index (χ4n) is 2.01. The van der Waals surface area contributed by atoms with Crippen LogP contribution in [0.1, 0.15) is 41.6 Å². The first-order chi connectivity index (χ1) is 8.15. The van der Waals surface area contributed by atoms with Crippen LogP contribution < -0.4 is 5.32 Å². The first kappa shape index (κ1) is 12.4. The number of hydrogen-bond donors (Lipinski definition) is 1. The summed E-state index contributed by atoms with van der Waals surface area (Å²) < 4.78 is 4.71. The summed E-state index contributed by atoms with van der Waals surface area (Å²) in [4.78, 5) is 16.4. The van der Waals surface area contributed by atoms with E-state index >= 15 is 0 Å². The van der Waals surface area contributed by atoms with Gasteiger partial charge < -0.3 is 10.1 Å². The lowest BCUT2D eigenvalue weighted by Gasteiger charge is -1.99. The maximum Gasteiger partial charge on any atom is 0.350 e. The zero-order chi connectivity index (χ0) is 12.4. The number of ether oxygens (including phenoxy) is 1. The smallest absolute Gasteiger partial charge is 0.350 e. The van der Waals surface area contributed by atoms with Crippen molar-refractivity contribution < 1.29 is 9.53 Å². The SMILES string of the molecule is CCCC1CC1Nc1nc(C)c(C(=O)OC)s1. The molecular weight excluding hydrogens is 236 g/mol. The standard InChI is InChI=1S/C12H18N2O2S/c1-4-5-8-6-9(8)14-12-13-7(2)10(17-12)11(15)16-3/h8-9H,4-6H2,1-3H3,(H,13,14). The summed E-state index contributed by atoms with van der Waals surface area (Å²) in [5.41, 5.74) is 0.747. The van der Waals surface area contributed by atoms with E-state index in [0.29, 0.717) is 10.9 Å². The lowest BCUT2D eigenvalue weighted by molar-refractivity contribution is 0.0605. The molecule has 1 aliphatic rings. The van der Waals surface area contributed by atoms with Crippen molar-refractivity contribution in [1.29, 1.82) is 0 Å². The van der Waals surface area contributed by atoms with Crippen molar-refractivity contribution in [2.24, 2.45) is 5.92 Å². The number of aromatic nitrogens is 1. The summed E-state index contributed by atoms with van der Waals surface area (Å²) in [6.07, 6.45) is 3.72. The van der Waals surface area contributed by atoms with Crippen molar-refractivity contribution in [3.63, 3.8) is 0 Å². The molecule has 0 bridgehead atoms. The zero-order valence-electron chi connectivity index (χ0n) is 10.4. The number of esters is 1. The molecule has 1 aliphatic carbocycles. The highest BCUT2D eigenvalue weighted by Gasteiger charge is 2.36. The Morgan fingerprint density at radius 2 is 2.41 bits per heavy atom. The number of rotatable bonds is 5. The van der Waals surface area contributed by atoms with Gasteiger partial charge in [0.05, 0.1) is 12.8 Å². The summed E-state index contributed by atoms with van der Waals surface area (Å²) in [5, 5.41) is 4.23. The van der Waals surface area contributed by atoms with Gasteiger partial charge in [-0.25, -0.2) is 9.78 Å². The highest BCUT2D eigenvalue weighted by atomic mass is 32.1. The third-order valence-electron chi connectivity index (χ3n) is 3.06. The van der Waals surface area contributed by atoms with Gasteiger partial charge in [-0.05, 0) is 25.7 Å². The number of aryl methyl sites for hydroxylation is 1. The second-order valence-corrected chi connectivity index (χ2v) is 5.46. The minimum Gasteiger partial charge on any atom is -0.465 e. The van der Waals surface area contributed by atoms with Crippen LogP contribution in [0.4, 0.5) is 5.13 Å². The molecule has 5 heteroatoms. The Hall–Kier alpha value is -1.10.